The zero-order valence-corrected chi connectivity index (χ0v) is 20.2. The summed E-state index contributed by atoms with van der Waals surface area (Å²) < 4.78 is 0. The van der Waals surface area contributed by atoms with Crippen LogP contribution in [0.15, 0.2) is 41.9 Å². The number of amides is 1. The lowest BCUT2D eigenvalue weighted by molar-refractivity contribution is -0.124. The number of aromatic nitrogens is 2. The van der Waals surface area contributed by atoms with Crippen molar-refractivity contribution in [1.29, 1.82) is 0 Å². The van der Waals surface area contributed by atoms with E-state index in [1.807, 2.05) is 36.2 Å². The maximum absolute atomic E-state index is 13.1. The van der Waals surface area contributed by atoms with Crippen LogP contribution >= 0.6 is 11.3 Å². The van der Waals surface area contributed by atoms with Gasteiger partial charge in [-0.15, -0.1) is 11.3 Å². The molecule has 1 amide bonds. The number of hydrogen-bond acceptors (Lipinski definition) is 6. The van der Waals surface area contributed by atoms with Crippen LogP contribution in [0.5, 0.6) is 0 Å². The van der Waals surface area contributed by atoms with Crippen LogP contribution in [-0.4, -0.2) is 29.0 Å². The Hall–Kier alpha value is -2.51. The van der Waals surface area contributed by atoms with Crippen molar-refractivity contribution in [2.24, 2.45) is 23.2 Å². The van der Waals surface area contributed by atoms with Crippen LogP contribution < -0.4 is 16.0 Å². The number of fused-ring (bicyclic) bond motifs is 1. The van der Waals surface area contributed by atoms with E-state index in [0.29, 0.717) is 6.42 Å². The van der Waals surface area contributed by atoms with Gasteiger partial charge in [-0.2, -0.15) is 0 Å². The van der Waals surface area contributed by atoms with E-state index >= 15 is 0 Å². The first-order valence-electron chi connectivity index (χ1n) is 12.5. The number of hydrogen-bond donors (Lipinski definition) is 3. The van der Waals surface area contributed by atoms with Crippen molar-refractivity contribution < 1.29 is 4.79 Å². The summed E-state index contributed by atoms with van der Waals surface area (Å²) in [5, 5.41) is 13.8. The normalized spacial score (nSPS) is 27.2. The summed E-state index contributed by atoms with van der Waals surface area (Å²) in [6, 6.07) is 10.0. The van der Waals surface area contributed by atoms with Crippen LogP contribution in [0.2, 0.25) is 0 Å². The molecule has 4 aliphatic carbocycles. The lowest BCUT2D eigenvalue weighted by atomic mass is 9.49. The summed E-state index contributed by atoms with van der Waals surface area (Å²) in [6.07, 6.45) is 10.5. The van der Waals surface area contributed by atoms with E-state index in [2.05, 4.69) is 27.0 Å². The van der Waals surface area contributed by atoms with Gasteiger partial charge < -0.3 is 16.0 Å². The van der Waals surface area contributed by atoms with Gasteiger partial charge in [-0.25, -0.2) is 9.97 Å². The Balaban J connectivity index is 1.06. The van der Waals surface area contributed by atoms with E-state index in [4.69, 9.17) is 4.98 Å². The maximum atomic E-state index is 13.1. The highest BCUT2D eigenvalue weighted by molar-refractivity contribution is 7.09. The van der Waals surface area contributed by atoms with E-state index in [1.54, 1.807) is 17.5 Å². The number of nitrogens with zero attached hydrogens (tertiary/aromatic N) is 2. The summed E-state index contributed by atoms with van der Waals surface area (Å²) in [5.74, 6) is 3.60. The molecular formula is C27H32N5OS. The second-order valence-corrected chi connectivity index (χ2v) is 11.5. The van der Waals surface area contributed by atoms with E-state index in [0.717, 1.165) is 58.3 Å². The SMILES string of the molecule is O=C(CC12CC3CC(CC(C3)C1)C2)Nc1cccc2nc(NCCN[CH]c3nccs3)ccc12. The van der Waals surface area contributed by atoms with Crippen LogP contribution in [0, 0.1) is 29.7 Å². The molecule has 34 heavy (non-hydrogen) atoms. The molecule has 1 radical (unpaired) electrons. The van der Waals surface area contributed by atoms with Gasteiger partial charge >= 0.3 is 0 Å². The molecule has 7 rings (SSSR count). The highest BCUT2D eigenvalue weighted by atomic mass is 32.1. The summed E-state index contributed by atoms with van der Waals surface area (Å²) >= 11 is 1.61. The molecule has 1 aromatic carbocycles. The van der Waals surface area contributed by atoms with Crippen LogP contribution in [0.4, 0.5) is 11.5 Å². The highest BCUT2D eigenvalue weighted by Gasteiger charge is 2.51. The number of pyridine rings is 1. The number of carbonyl (C=O) groups is 1. The quantitative estimate of drug-likeness (QED) is 0.360. The van der Waals surface area contributed by atoms with Gasteiger partial charge in [0.05, 0.1) is 17.7 Å². The van der Waals surface area contributed by atoms with Crippen molar-refractivity contribution >= 4 is 39.7 Å². The molecule has 177 valence electrons. The monoisotopic (exact) mass is 474 g/mol. The Morgan fingerprint density at radius 3 is 2.59 bits per heavy atom. The van der Waals surface area contributed by atoms with Crippen LogP contribution in [0.25, 0.3) is 10.9 Å². The summed E-state index contributed by atoms with van der Waals surface area (Å²) in [6.45, 7) is 3.46. The third-order valence-corrected chi connectivity index (χ3v) is 8.68. The van der Waals surface area contributed by atoms with Crippen molar-refractivity contribution in [3.63, 3.8) is 0 Å². The van der Waals surface area contributed by atoms with E-state index in [1.165, 1.54) is 38.5 Å². The van der Waals surface area contributed by atoms with Crippen LogP contribution in [0.3, 0.4) is 0 Å². The summed E-state index contributed by atoms with van der Waals surface area (Å²) in [5.41, 5.74) is 2.01. The molecule has 0 spiro atoms. The fraction of sp³-hybridized carbons (Fsp3) is 0.481. The van der Waals surface area contributed by atoms with Gasteiger partial charge in [0.15, 0.2) is 0 Å². The molecule has 0 atom stereocenters. The Morgan fingerprint density at radius 2 is 1.85 bits per heavy atom. The Labute approximate surface area is 205 Å². The summed E-state index contributed by atoms with van der Waals surface area (Å²) in [7, 11) is 0. The zero-order valence-electron chi connectivity index (χ0n) is 19.4. The third-order valence-electron chi connectivity index (χ3n) is 7.96. The lowest BCUT2D eigenvalue weighted by Crippen LogP contribution is -2.47. The van der Waals surface area contributed by atoms with Gasteiger partial charge in [0.25, 0.3) is 0 Å². The first-order valence-corrected chi connectivity index (χ1v) is 13.4. The molecule has 3 N–H and O–H groups in total. The molecule has 4 aliphatic rings. The smallest absolute Gasteiger partial charge is 0.224 e. The van der Waals surface area contributed by atoms with Gasteiger partial charge in [0, 0.05) is 36.5 Å². The number of rotatable bonds is 9. The first-order chi connectivity index (χ1) is 16.6. The molecule has 2 heterocycles. The van der Waals surface area contributed by atoms with Gasteiger partial charge in [0.2, 0.25) is 5.91 Å². The predicted molar refractivity (Wildman–Crippen MR) is 138 cm³/mol. The van der Waals surface area contributed by atoms with Gasteiger partial charge in [-0.1, -0.05) is 6.07 Å². The fourth-order valence-corrected chi connectivity index (χ4v) is 7.67. The fourth-order valence-electron chi connectivity index (χ4n) is 7.13. The minimum Gasteiger partial charge on any atom is -0.369 e. The molecule has 2 aromatic heterocycles. The minimum atomic E-state index is 0.166. The second-order valence-electron chi connectivity index (χ2n) is 10.6. The number of carbonyl (C=O) groups excluding carboxylic acids is 1. The highest BCUT2D eigenvalue weighted by Crippen LogP contribution is 2.61. The van der Waals surface area contributed by atoms with Crippen molar-refractivity contribution in [2.45, 2.75) is 44.9 Å². The molecule has 3 aromatic rings. The van der Waals surface area contributed by atoms with Crippen molar-refractivity contribution in [3.05, 3.63) is 53.5 Å². The van der Waals surface area contributed by atoms with E-state index < -0.39 is 0 Å². The lowest BCUT2D eigenvalue weighted by Gasteiger charge is -2.56. The zero-order chi connectivity index (χ0) is 23.0. The Kier molecular flexibility index (Phi) is 5.99. The van der Waals surface area contributed by atoms with Crippen molar-refractivity contribution in [2.75, 3.05) is 23.7 Å². The summed E-state index contributed by atoms with van der Waals surface area (Å²) in [4.78, 5) is 22.1. The Bertz CT molecular complexity index is 1130. The molecule has 0 unspecified atom stereocenters. The standard InChI is InChI=1S/C27H32N5OS/c33-25(16-27-13-18-10-19(14-27)12-20(11-18)15-27)32-23-3-1-2-22-21(23)4-5-24(31-22)29-7-6-28-17-26-30-8-9-34-26/h1-5,8-9,17-20,28H,6-7,10-16H2,(H,29,31)(H,32,33). The van der Waals surface area contributed by atoms with Crippen LogP contribution in [0.1, 0.15) is 50.0 Å². The topological polar surface area (TPSA) is 78.9 Å². The van der Waals surface area contributed by atoms with Crippen molar-refractivity contribution in [1.82, 2.24) is 15.3 Å². The number of thiazole rings is 1. The molecule has 7 heteroatoms. The molecule has 4 fully saturated rings. The average Bonchev–Trinajstić information content (AvgIpc) is 3.31. The molecule has 0 aliphatic heterocycles. The third kappa shape index (κ3) is 4.68. The van der Waals surface area contributed by atoms with Gasteiger partial charge in [-0.3, -0.25) is 4.79 Å². The predicted octanol–water partition coefficient (Wildman–Crippen LogP) is 5.45. The second kappa shape index (κ2) is 9.27. The molecular weight excluding hydrogens is 442 g/mol. The van der Waals surface area contributed by atoms with Crippen LogP contribution in [-0.2, 0) is 4.79 Å². The molecule has 4 bridgehead atoms. The number of anilines is 2. The largest absolute Gasteiger partial charge is 0.369 e. The van der Waals surface area contributed by atoms with Crippen molar-refractivity contribution in [3.8, 4) is 0 Å². The molecule has 6 nitrogen and oxygen atoms in total. The maximum Gasteiger partial charge on any atom is 0.224 e. The molecule has 0 saturated heterocycles. The van der Waals surface area contributed by atoms with Gasteiger partial charge in [0.1, 0.15) is 10.8 Å². The first kappa shape index (κ1) is 22.0. The van der Waals surface area contributed by atoms with E-state index in [9.17, 15) is 4.79 Å². The van der Waals surface area contributed by atoms with E-state index in [-0.39, 0.29) is 11.3 Å². The average molecular weight is 475 g/mol. The minimum absolute atomic E-state index is 0.166. The molecule has 4 saturated carbocycles. The number of nitrogens with one attached hydrogen (secondary N) is 3. The van der Waals surface area contributed by atoms with Gasteiger partial charge in [-0.05, 0) is 86.0 Å². The number of benzene rings is 1. The Morgan fingerprint density at radius 1 is 1.06 bits per heavy atom.